The molecular formula is C28H31FN6O4S. The van der Waals surface area contributed by atoms with E-state index in [9.17, 15) is 14.3 Å². The standard InChI is InChI=1S/C28H31FN6O4S/c1-38-24-13-22-23(14-25(24)39-10-4-9-35-8-3-7-20(35)16-36)31-17-32-27(22)34-28-30-15-21(40-28)12-26(37)33-19-6-2-5-18(29)11-19/h2,5-6,11,13-15,17,20,36H,3-4,7-10,12,16H2,1H3,(H,33,37)(H,30,31,32,34)/t20-/m0/s1. The van der Waals surface area contributed by atoms with Gasteiger partial charge in [-0.05, 0) is 50.1 Å². The molecule has 1 saturated heterocycles. The molecule has 3 N–H and O–H groups in total. The van der Waals surface area contributed by atoms with Crippen LogP contribution in [0, 0.1) is 5.82 Å². The van der Waals surface area contributed by atoms with E-state index in [0.29, 0.717) is 40.3 Å². The van der Waals surface area contributed by atoms with Gasteiger partial charge in [0.15, 0.2) is 16.6 Å². The van der Waals surface area contributed by atoms with E-state index in [1.54, 1.807) is 25.4 Å². The number of thiazole rings is 1. The molecule has 0 unspecified atom stereocenters. The van der Waals surface area contributed by atoms with Crippen LogP contribution in [0.3, 0.4) is 0 Å². The van der Waals surface area contributed by atoms with Gasteiger partial charge in [-0.1, -0.05) is 6.07 Å². The van der Waals surface area contributed by atoms with Crippen molar-refractivity contribution < 1.29 is 23.8 Å². The molecule has 10 nitrogen and oxygen atoms in total. The van der Waals surface area contributed by atoms with E-state index in [4.69, 9.17) is 9.47 Å². The number of hydrogen-bond donors (Lipinski definition) is 3. The number of carbonyl (C=O) groups is 1. The van der Waals surface area contributed by atoms with E-state index in [-0.39, 0.29) is 25.0 Å². The van der Waals surface area contributed by atoms with Gasteiger partial charge in [0.1, 0.15) is 18.0 Å². The Hall–Kier alpha value is -3.87. The van der Waals surface area contributed by atoms with Crippen LogP contribution in [-0.4, -0.2) is 70.3 Å². The van der Waals surface area contributed by atoms with Crippen molar-refractivity contribution in [2.75, 3.05) is 44.0 Å². The summed E-state index contributed by atoms with van der Waals surface area (Å²) in [5, 5.41) is 16.7. The topological polar surface area (TPSA) is 122 Å². The molecule has 2 aromatic heterocycles. The lowest BCUT2D eigenvalue weighted by atomic mass is 10.2. The quantitative estimate of drug-likeness (QED) is 0.214. The predicted molar refractivity (Wildman–Crippen MR) is 152 cm³/mol. The summed E-state index contributed by atoms with van der Waals surface area (Å²) >= 11 is 1.32. The van der Waals surface area contributed by atoms with Crippen molar-refractivity contribution in [3.8, 4) is 11.5 Å². The van der Waals surface area contributed by atoms with Crippen LogP contribution in [0.25, 0.3) is 10.9 Å². The molecule has 1 atom stereocenters. The highest BCUT2D eigenvalue weighted by Gasteiger charge is 2.23. The number of hydrogen-bond acceptors (Lipinski definition) is 10. The van der Waals surface area contributed by atoms with Crippen molar-refractivity contribution in [1.29, 1.82) is 0 Å². The van der Waals surface area contributed by atoms with Crippen LogP contribution in [-0.2, 0) is 11.2 Å². The molecule has 1 fully saturated rings. The normalized spacial score (nSPS) is 15.3. The second-order valence-electron chi connectivity index (χ2n) is 9.45. The summed E-state index contributed by atoms with van der Waals surface area (Å²) in [6, 6.07) is 9.68. The molecule has 4 aromatic rings. The minimum Gasteiger partial charge on any atom is -0.493 e. The van der Waals surface area contributed by atoms with Gasteiger partial charge in [0.05, 0.1) is 32.3 Å². The molecule has 0 aliphatic carbocycles. The van der Waals surface area contributed by atoms with Crippen molar-refractivity contribution in [3.05, 3.63) is 59.6 Å². The minimum atomic E-state index is -0.413. The Bertz CT molecular complexity index is 1470. The molecule has 12 heteroatoms. The molecule has 0 radical (unpaired) electrons. The summed E-state index contributed by atoms with van der Waals surface area (Å²) < 4.78 is 25.0. The molecule has 0 saturated carbocycles. The van der Waals surface area contributed by atoms with E-state index in [0.717, 1.165) is 42.6 Å². The fourth-order valence-electron chi connectivity index (χ4n) is 4.76. The van der Waals surface area contributed by atoms with Gasteiger partial charge in [0, 0.05) is 40.8 Å². The average Bonchev–Trinajstić information content (AvgIpc) is 3.59. The number of anilines is 3. The fraction of sp³-hybridized carbons (Fsp3) is 0.357. The number of halogens is 1. The summed E-state index contributed by atoms with van der Waals surface area (Å²) in [7, 11) is 1.59. The largest absolute Gasteiger partial charge is 0.493 e. The van der Waals surface area contributed by atoms with Crippen LogP contribution in [0.1, 0.15) is 24.1 Å². The zero-order valence-corrected chi connectivity index (χ0v) is 22.9. The molecule has 0 bridgehead atoms. The van der Waals surface area contributed by atoms with Gasteiger partial charge in [0.25, 0.3) is 0 Å². The fourth-order valence-corrected chi connectivity index (χ4v) is 5.57. The highest BCUT2D eigenvalue weighted by molar-refractivity contribution is 7.15. The van der Waals surface area contributed by atoms with E-state index >= 15 is 0 Å². The molecule has 0 spiro atoms. The van der Waals surface area contributed by atoms with Crippen molar-refractivity contribution in [2.24, 2.45) is 0 Å². The summed E-state index contributed by atoms with van der Waals surface area (Å²) in [4.78, 5) is 28.6. The first-order valence-corrected chi connectivity index (χ1v) is 13.9. The van der Waals surface area contributed by atoms with E-state index in [1.807, 2.05) is 12.1 Å². The average molecular weight is 567 g/mol. The maximum atomic E-state index is 13.4. The number of benzene rings is 2. The Labute approximate surface area is 235 Å². The summed E-state index contributed by atoms with van der Waals surface area (Å²) in [6.45, 7) is 2.60. The number of carbonyl (C=O) groups excluding carboxylic acids is 1. The molecule has 3 heterocycles. The Balaban J connectivity index is 1.22. The van der Waals surface area contributed by atoms with E-state index < -0.39 is 5.82 Å². The van der Waals surface area contributed by atoms with Crippen molar-refractivity contribution in [2.45, 2.75) is 31.7 Å². The highest BCUT2D eigenvalue weighted by Crippen LogP contribution is 2.35. The van der Waals surface area contributed by atoms with Crippen LogP contribution in [0.2, 0.25) is 0 Å². The van der Waals surface area contributed by atoms with E-state index in [1.165, 1.54) is 29.8 Å². The van der Waals surface area contributed by atoms with Gasteiger partial charge in [0.2, 0.25) is 5.91 Å². The first-order chi connectivity index (χ1) is 19.5. The third-order valence-electron chi connectivity index (χ3n) is 6.70. The number of ether oxygens (including phenoxy) is 2. The van der Waals surface area contributed by atoms with Crippen molar-refractivity contribution >= 4 is 44.8 Å². The molecule has 210 valence electrons. The van der Waals surface area contributed by atoms with Crippen LogP contribution in [0.5, 0.6) is 11.5 Å². The van der Waals surface area contributed by atoms with Gasteiger partial charge >= 0.3 is 0 Å². The number of nitrogens with one attached hydrogen (secondary N) is 2. The van der Waals surface area contributed by atoms with Crippen molar-refractivity contribution in [3.63, 3.8) is 0 Å². The van der Waals surface area contributed by atoms with Crippen LogP contribution in [0.4, 0.5) is 21.0 Å². The molecule has 2 aromatic carbocycles. The number of amides is 1. The number of likely N-dealkylation sites (tertiary alicyclic amines) is 1. The van der Waals surface area contributed by atoms with E-state index in [2.05, 4.69) is 30.5 Å². The molecule has 1 aliphatic heterocycles. The Morgan fingerprint density at radius 2 is 2.12 bits per heavy atom. The molecule has 40 heavy (non-hydrogen) atoms. The van der Waals surface area contributed by atoms with Crippen LogP contribution in [0.15, 0.2) is 48.9 Å². The maximum Gasteiger partial charge on any atom is 0.229 e. The number of rotatable bonds is 12. The van der Waals surface area contributed by atoms with Crippen molar-refractivity contribution in [1.82, 2.24) is 19.9 Å². The van der Waals surface area contributed by atoms with Gasteiger partial charge in [-0.2, -0.15) is 0 Å². The number of nitrogens with zero attached hydrogens (tertiary/aromatic N) is 4. The SMILES string of the molecule is COc1cc2c(Nc3ncc(CC(=O)Nc4cccc(F)c4)s3)ncnc2cc1OCCCN1CCC[C@H]1CO. The predicted octanol–water partition coefficient (Wildman–Crippen LogP) is 4.38. The lowest BCUT2D eigenvalue weighted by molar-refractivity contribution is -0.115. The van der Waals surface area contributed by atoms with Gasteiger partial charge in [-0.3, -0.25) is 9.69 Å². The summed E-state index contributed by atoms with van der Waals surface area (Å²) in [5.74, 6) is 1.03. The zero-order valence-electron chi connectivity index (χ0n) is 22.1. The zero-order chi connectivity index (χ0) is 27.9. The second-order valence-corrected chi connectivity index (χ2v) is 10.6. The lowest BCUT2D eigenvalue weighted by Crippen LogP contribution is -2.33. The van der Waals surface area contributed by atoms with Gasteiger partial charge in [-0.25, -0.2) is 19.3 Å². The Morgan fingerprint density at radius 3 is 2.95 bits per heavy atom. The molecule has 1 aliphatic rings. The number of aromatic nitrogens is 3. The molecular weight excluding hydrogens is 535 g/mol. The monoisotopic (exact) mass is 566 g/mol. The molecule has 1 amide bonds. The highest BCUT2D eigenvalue weighted by atomic mass is 32.1. The third-order valence-corrected chi connectivity index (χ3v) is 7.61. The van der Waals surface area contributed by atoms with Gasteiger partial charge in [-0.15, -0.1) is 11.3 Å². The Morgan fingerprint density at radius 1 is 1.23 bits per heavy atom. The number of methoxy groups -OCH3 is 1. The van der Waals surface area contributed by atoms with Gasteiger partial charge < -0.3 is 25.2 Å². The minimum absolute atomic E-state index is 0.104. The first-order valence-electron chi connectivity index (χ1n) is 13.1. The summed E-state index contributed by atoms with van der Waals surface area (Å²) in [6.07, 6.45) is 6.19. The smallest absolute Gasteiger partial charge is 0.229 e. The number of fused-ring (bicyclic) bond motifs is 1. The maximum absolute atomic E-state index is 13.4. The van der Waals surface area contributed by atoms with Crippen LogP contribution < -0.4 is 20.1 Å². The Kier molecular flexibility index (Phi) is 8.99. The first kappa shape index (κ1) is 27.7. The lowest BCUT2D eigenvalue weighted by Gasteiger charge is -2.22. The van der Waals surface area contributed by atoms with Crippen LogP contribution >= 0.6 is 11.3 Å². The second kappa shape index (κ2) is 13.0. The summed E-state index contributed by atoms with van der Waals surface area (Å²) in [5.41, 5.74) is 1.08. The molecule has 5 rings (SSSR count). The third kappa shape index (κ3) is 6.82. The number of aliphatic hydroxyl groups is 1. The number of aliphatic hydroxyl groups excluding tert-OH is 1.